The van der Waals surface area contributed by atoms with Gasteiger partial charge in [0.1, 0.15) is 0 Å². The Kier molecular flexibility index (Phi) is 7.85. The summed E-state index contributed by atoms with van der Waals surface area (Å²) in [6.45, 7) is 0. The van der Waals surface area contributed by atoms with E-state index < -0.39 is 0 Å². The fraction of sp³-hybridized carbons (Fsp3) is 0. The average molecular weight is 380 g/mol. The van der Waals surface area contributed by atoms with Crippen molar-refractivity contribution >= 4 is 45.5 Å². The zero-order chi connectivity index (χ0) is 7.98. The normalized spacial score (nSPS) is 8.10. The van der Waals surface area contributed by atoms with E-state index in [0.29, 0.717) is 0 Å². The molecule has 4 heteroatoms. The van der Waals surface area contributed by atoms with Gasteiger partial charge in [-0.15, -0.1) is 37.9 Å². The van der Waals surface area contributed by atoms with Crippen LogP contribution < -0.4 is 0 Å². The zero-order valence-electron chi connectivity index (χ0n) is 5.07. The van der Waals surface area contributed by atoms with Crippen molar-refractivity contribution in [3.05, 3.63) is 33.2 Å². The van der Waals surface area contributed by atoms with E-state index in [0.717, 1.165) is 8.95 Å². The van der Waals surface area contributed by atoms with Crippen molar-refractivity contribution < 1.29 is 16.3 Å². The molecule has 1 aromatic rings. The second-order valence-electron chi connectivity index (χ2n) is 1.37. The third kappa shape index (κ3) is 5.00. The van der Waals surface area contributed by atoms with E-state index in [1.54, 1.807) is 0 Å². The van der Waals surface area contributed by atoms with Crippen LogP contribution >= 0.6 is 45.5 Å². The van der Waals surface area contributed by atoms with Crippen LogP contribution in [0.3, 0.4) is 0 Å². The van der Waals surface area contributed by atoms with Crippen molar-refractivity contribution in [2.45, 2.75) is 0 Å². The second kappa shape index (κ2) is 6.96. The molecule has 0 saturated carbocycles. The van der Waals surface area contributed by atoms with Gasteiger partial charge in [0, 0.05) is 0 Å². The molecule has 0 radical (unpaired) electrons. The van der Waals surface area contributed by atoms with Crippen LogP contribution in [0.2, 0.25) is 0 Å². The summed E-state index contributed by atoms with van der Waals surface area (Å²) >= 11 is 10.9. The maximum atomic E-state index is 3.30. The van der Waals surface area contributed by atoms with Gasteiger partial charge in [0.2, 0.25) is 0 Å². The summed E-state index contributed by atoms with van der Waals surface area (Å²) in [5, 5.41) is 0. The molecule has 0 aliphatic rings. The summed E-state index contributed by atoms with van der Waals surface area (Å²) in [5.74, 6) is 0. The summed E-state index contributed by atoms with van der Waals surface area (Å²) in [7, 11) is 0. The first kappa shape index (κ1) is 11.3. The topological polar surface area (TPSA) is 0 Å². The summed E-state index contributed by atoms with van der Waals surface area (Å²) in [5.41, 5.74) is 0. The molecule has 0 heterocycles. The molecule has 0 bridgehead atoms. The van der Waals surface area contributed by atoms with Crippen LogP contribution in [0.15, 0.2) is 27.1 Å². The SMILES string of the molecule is Brc1c[c-]cc(Br)c1.[Zn+][Br]. The molecule has 0 unspecified atom stereocenters. The molecule has 10 heavy (non-hydrogen) atoms. The first-order valence-corrected chi connectivity index (χ1v) is 10.9. The molecule has 0 aliphatic heterocycles. The van der Waals surface area contributed by atoms with Gasteiger partial charge in [0.25, 0.3) is 0 Å². The first-order chi connectivity index (χ1) is 4.79. The van der Waals surface area contributed by atoms with Crippen LogP contribution in [0.5, 0.6) is 0 Å². The summed E-state index contributed by atoms with van der Waals surface area (Å²) in [4.78, 5) is 0. The summed E-state index contributed by atoms with van der Waals surface area (Å²) in [6, 6.07) is 8.64. The molecule has 0 nitrogen and oxygen atoms in total. The van der Waals surface area contributed by atoms with Gasteiger partial charge in [-0.25, -0.2) is 0 Å². The van der Waals surface area contributed by atoms with Gasteiger partial charge in [-0.05, 0) is 0 Å². The number of benzene rings is 1. The second-order valence-corrected chi connectivity index (χ2v) is 3.20. The summed E-state index contributed by atoms with van der Waals surface area (Å²) < 4.78 is 2.10. The molecule has 0 aliphatic carbocycles. The predicted octanol–water partition coefficient (Wildman–Crippen LogP) is 3.85. The van der Waals surface area contributed by atoms with Crippen molar-refractivity contribution in [3.63, 3.8) is 0 Å². The summed E-state index contributed by atoms with van der Waals surface area (Å²) in [6.07, 6.45) is 0. The Labute approximate surface area is 94.1 Å². The standard InChI is InChI=1S/C6H3Br2.BrH.Zn/c7-5-2-1-3-6(8)4-5;;/h2-4H;1H;/q-1;;+2/p-1. The number of hydrogen-bond acceptors (Lipinski definition) is 0. The van der Waals surface area contributed by atoms with Gasteiger partial charge in [-0.1, -0.05) is 8.95 Å². The Morgan fingerprint density at radius 3 is 1.70 bits per heavy atom. The number of rotatable bonds is 0. The molecule has 0 spiro atoms. The number of hydrogen-bond donors (Lipinski definition) is 0. The Hall–Kier alpha value is 1.28. The van der Waals surface area contributed by atoms with Crippen molar-refractivity contribution in [2.24, 2.45) is 0 Å². The van der Waals surface area contributed by atoms with E-state index >= 15 is 0 Å². The molecule has 0 atom stereocenters. The van der Waals surface area contributed by atoms with E-state index in [4.69, 9.17) is 0 Å². The van der Waals surface area contributed by atoms with Crippen molar-refractivity contribution in [2.75, 3.05) is 0 Å². The first-order valence-electron chi connectivity index (χ1n) is 2.38. The molecule has 1 rings (SSSR count). The van der Waals surface area contributed by atoms with Crippen molar-refractivity contribution in [1.82, 2.24) is 0 Å². The van der Waals surface area contributed by atoms with Crippen LogP contribution in [0.4, 0.5) is 0 Å². The Morgan fingerprint density at radius 1 is 1.10 bits per heavy atom. The fourth-order valence-electron chi connectivity index (χ4n) is 0.416. The third-order valence-corrected chi connectivity index (χ3v) is 1.63. The van der Waals surface area contributed by atoms with E-state index in [9.17, 15) is 0 Å². The Balaban J connectivity index is 0.000000371. The average Bonchev–Trinajstić information content (AvgIpc) is 1.91. The fourth-order valence-corrected chi connectivity index (χ4v) is 1.48. The quantitative estimate of drug-likeness (QED) is 0.474. The molecule has 50 valence electrons. The van der Waals surface area contributed by atoms with Crippen LogP contribution in [0.1, 0.15) is 0 Å². The molecule has 1 aromatic carbocycles. The Morgan fingerprint density at radius 2 is 1.50 bits per heavy atom. The van der Waals surface area contributed by atoms with E-state index in [1.165, 1.54) is 16.3 Å². The predicted molar refractivity (Wildman–Crippen MR) is 49.6 cm³/mol. The molecule has 0 amide bonds. The van der Waals surface area contributed by atoms with E-state index in [-0.39, 0.29) is 0 Å². The maximum absolute atomic E-state index is 3.30. The minimum absolute atomic E-state index is 1.05. The molecular formula is C6H3Br3Zn. The van der Waals surface area contributed by atoms with E-state index in [1.807, 2.05) is 18.2 Å². The molecule has 0 aromatic heterocycles. The van der Waals surface area contributed by atoms with Crippen molar-refractivity contribution in [1.29, 1.82) is 0 Å². The van der Waals surface area contributed by atoms with Gasteiger partial charge >= 0.3 is 30.0 Å². The van der Waals surface area contributed by atoms with Crippen LogP contribution in [-0.4, -0.2) is 0 Å². The monoisotopic (exact) mass is 376 g/mol. The molecule has 0 fully saturated rings. The van der Waals surface area contributed by atoms with Gasteiger partial charge in [-0.2, -0.15) is 18.2 Å². The van der Waals surface area contributed by atoms with Gasteiger partial charge in [0.05, 0.1) is 0 Å². The molecular weight excluding hydrogens is 377 g/mol. The van der Waals surface area contributed by atoms with Gasteiger partial charge < -0.3 is 0 Å². The molecule has 0 N–H and O–H groups in total. The third-order valence-electron chi connectivity index (χ3n) is 0.718. The number of halogens is 3. The molecule has 0 saturated heterocycles. The van der Waals surface area contributed by atoms with Gasteiger partial charge in [-0.3, -0.25) is 0 Å². The van der Waals surface area contributed by atoms with Crippen LogP contribution in [-0.2, 0) is 16.3 Å². The van der Waals surface area contributed by atoms with Crippen LogP contribution in [0, 0.1) is 6.07 Å². The van der Waals surface area contributed by atoms with E-state index in [2.05, 4.69) is 51.5 Å². The zero-order valence-corrected chi connectivity index (χ0v) is 12.8. The van der Waals surface area contributed by atoms with Crippen LogP contribution in [0.25, 0.3) is 0 Å². The van der Waals surface area contributed by atoms with Gasteiger partial charge in [0.15, 0.2) is 0 Å². The minimum atomic E-state index is 1.05. The Bertz CT molecular complexity index is 173. The van der Waals surface area contributed by atoms with Crippen molar-refractivity contribution in [3.8, 4) is 0 Å².